The van der Waals surface area contributed by atoms with Crippen LogP contribution in [0.15, 0.2) is 18.2 Å². The minimum atomic E-state index is -0.954. The Morgan fingerprint density at radius 3 is 2.20 bits per heavy atom. The molecule has 0 radical (unpaired) electrons. The highest BCUT2D eigenvalue weighted by atomic mass is 35.5. The third-order valence-corrected chi connectivity index (χ3v) is 2.05. The lowest BCUT2D eigenvalue weighted by atomic mass is 10.0. The van der Waals surface area contributed by atoms with E-state index >= 15 is 0 Å². The smallest absolute Gasteiger partial charge is 0.320 e. The first-order valence-electron chi connectivity index (χ1n) is 4.54. The van der Waals surface area contributed by atoms with E-state index in [1.165, 1.54) is 0 Å². The second-order valence-electron chi connectivity index (χ2n) is 3.64. The number of aliphatic carboxylic acids is 1. The lowest BCUT2D eigenvalue weighted by molar-refractivity contribution is -0.138. The lowest BCUT2D eigenvalue weighted by Gasteiger charge is -2.08. The molecule has 1 atom stereocenters. The Balaban J connectivity index is 0.00000196. The van der Waals surface area contributed by atoms with Gasteiger partial charge in [0.15, 0.2) is 0 Å². The first-order valence-corrected chi connectivity index (χ1v) is 4.54. The highest BCUT2D eigenvalue weighted by Gasteiger charge is 2.11. The summed E-state index contributed by atoms with van der Waals surface area (Å²) >= 11 is 0. The van der Waals surface area contributed by atoms with E-state index in [2.05, 4.69) is 6.07 Å². The number of benzene rings is 1. The molecule has 0 saturated carbocycles. The van der Waals surface area contributed by atoms with E-state index in [-0.39, 0.29) is 12.4 Å². The molecule has 15 heavy (non-hydrogen) atoms. The predicted molar refractivity (Wildman–Crippen MR) is 62.5 cm³/mol. The number of carboxylic acid groups (broad SMARTS) is 1. The van der Waals surface area contributed by atoms with Crippen molar-refractivity contribution in [3.05, 3.63) is 34.9 Å². The van der Waals surface area contributed by atoms with Crippen LogP contribution < -0.4 is 5.73 Å². The van der Waals surface area contributed by atoms with Crippen LogP contribution in [0.25, 0.3) is 0 Å². The van der Waals surface area contributed by atoms with Gasteiger partial charge in [0.1, 0.15) is 6.04 Å². The molecule has 0 saturated heterocycles. The molecule has 0 bridgehead atoms. The number of hydrogen-bond acceptors (Lipinski definition) is 2. The molecule has 0 aromatic heterocycles. The Morgan fingerprint density at radius 2 is 1.80 bits per heavy atom. The van der Waals surface area contributed by atoms with Crippen LogP contribution in [-0.2, 0) is 11.2 Å². The van der Waals surface area contributed by atoms with Crippen LogP contribution in [0, 0.1) is 13.8 Å². The Hall–Kier alpha value is -1.06. The number of aryl methyl sites for hydroxylation is 2. The lowest BCUT2D eigenvalue weighted by Crippen LogP contribution is -2.32. The molecule has 1 aromatic rings. The minimum absolute atomic E-state index is 0. The summed E-state index contributed by atoms with van der Waals surface area (Å²) in [4.78, 5) is 10.5. The molecule has 0 aliphatic carbocycles. The van der Waals surface area contributed by atoms with E-state index in [1.54, 1.807) is 0 Å². The predicted octanol–water partition coefficient (Wildman–Crippen LogP) is 1.68. The van der Waals surface area contributed by atoms with Gasteiger partial charge in [0.05, 0.1) is 0 Å². The molecule has 4 heteroatoms. The molecule has 0 amide bonds. The number of hydrogen-bond donors (Lipinski definition) is 2. The monoisotopic (exact) mass is 229 g/mol. The van der Waals surface area contributed by atoms with Gasteiger partial charge >= 0.3 is 5.97 Å². The summed E-state index contributed by atoms with van der Waals surface area (Å²) in [6, 6.07) is 5.18. The van der Waals surface area contributed by atoms with E-state index in [1.807, 2.05) is 26.0 Å². The first kappa shape index (κ1) is 13.9. The molecule has 1 unspecified atom stereocenters. The molecule has 0 aliphatic heterocycles. The second kappa shape index (κ2) is 5.73. The Kier molecular flexibility index (Phi) is 5.33. The normalized spacial score (nSPS) is 11.7. The summed E-state index contributed by atoms with van der Waals surface area (Å²) in [6.45, 7) is 3.98. The summed E-state index contributed by atoms with van der Waals surface area (Å²) in [7, 11) is 0. The topological polar surface area (TPSA) is 63.3 Å². The molecule has 3 N–H and O–H groups in total. The van der Waals surface area contributed by atoms with Gasteiger partial charge in [0.2, 0.25) is 0 Å². The molecule has 0 spiro atoms. The van der Waals surface area contributed by atoms with Crippen molar-refractivity contribution in [1.29, 1.82) is 0 Å². The summed E-state index contributed by atoms with van der Waals surface area (Å²) in [5, 5.41) is 8.66. The number of carboxylic acids is 1. The van der Waals surface area contributed by atoms with Crippen molar-refractivity contribution in [2.45, 2.75) is 26.3 Å². The van der Waals surface area contributed by atoms with Crippen LogP contribution in [0.5, 0.6) is 0 Å². The zero-order valence-corrected chi connectivity index (χ0v) is 9.67. The van der Waals surface area contributed by atoms with Crippen LogP contribution in [-0.4, -0.2) is 17.1 Å². The van der Waals surface area contributed by atoms with Crippen molar-refractivity contribution >= 4 is 18.4 Å². The van der Waals surface area contributed by atoms with Crippen LogP contribution in [0.3, 0.4) is 0 Å². The van der Waals surface area contributed by atoms with Gasteiger partial charge in [-0.15, -0.1) is 12.4 Å². The average Bonchev–Trinajstić information content (AvgIpc) is 2.01. The summed E-state index contributed by atoms with van der Waals surface area (Å²) in [6.07, 6.45) is 0.387. The van der Waals surface area contributed by atoms with Crippen molar-refractivity contribution < 1.29 is 9.90 Å². The Morgan fingerprint density at radius 1 is 1.33 bits per heavy atom. The zero-order valence-electron chi connectivity index (χ0n) is 8.86. The molecular weight excluding hydrogens is 214 g/mol. The van der Waals surface area contributed by atoms with Crippen molar-refractivity contribution in [2.24, 2.45) is 5.73 Å². The summed E-state index contributed by atoms with van der Waals surface area (Å²) in [5.74, 6) is -0.954. The van der Waals surface area contributed by atoms with Gasteiger partial charge in [-0.25, -0.2) is 0 Å². The maximum absolute atomic E-state index is 10.5. The van der Waals surface area contributed by atoms with Gasteiger partial charge in [0.25, 0.3) is 0 Å². The SMILES string of the molecule is Cc1cc(C)cc(CC(N)C(=O)O)c1.Cl. The van der Waals surface area contributed by atoms with Gasteiger partial charge in [-0.2, -0.15) is 0 Å². The molecule has 0 heterocycles. The number of halogens is 1. The summed E-state index contributed by atoms with van der Waals surface area (Å²) < 4.78 is 0. The van der Waals surface area contributed by atoms with Crippen molar-refractivity contribution in [3.63, 3.8) is 0 Å². The van der Waals surface area contributed by atoms with Crippen LogP contribution >= 0.6 is 12.4 Å². The van der Waals surface area contributed by atoms with Crippen molar-refractivity contribution in [2.75, 3.05) is 0 Å². The largest absolute Gasteiger partial charge is 0.480 e. The zero-order chi connectivity index (χ0) is 10.7. The molecular formula is C11H16ClNO2. The van der Waals surface area contributed by atoms with E-state index in [0.717, 1.165) is 16.7 Å². The fraction of sp³-hybridized carbons (Fsp3) is 0.364. The summed E-state index contributed by atoms with van der Waals surface area (Å²) in [5.41, 5.74) is 8.71. The molecule has 1 aromatic carbocycles. The second-order valence-corrected chi connectivity index (χ2v) is 3.64. The molecule has 84 valence electrons. The van der Waals surface area contributed by atoms with Crippen LogP contribution in [0.2, 0.25) is 0 Å². The van der Waals surface area contributed by atoms with Gasteiger partial charge in [-0.05, 0) is 25.8 Å². The Bertz CT molecular complexity index is 332. The van der Waals surface area contributed by atoms with E-state index in [9.17, 15) is 4.79 Å². The van der Waals surface area contributed by atoms with Gasteiger partial charge < -0.3 is 10.8 Å². The molecule has 1 rings (SSSR count). The number of nitrogens with two attached hydrogens (primary N) is 1. The molecule has 0 aliphatic rings. The van der Waals surface area contributed by atoms with E-state index in [4.69, 9.17) is 10.8 Å². The third kappa shape index (κ3) is 4.32. The maximum Gasteiger partial charge on any atom is 0.320 e. The minimum Gasteiger partial charge on any atom is -0.480 e. The third-order valence-electron chi connectivity index (χ3n) is 2.05. The van der Waals surface area contributed by atoms with E-state index < -0.39 is 12.0 Å². The fourth-order valence-corrected chi connectivity index (χ4v) is 1.53. The highest BCUT2D eigenvalue weighted by Crippen LogP contribution is 2.10. The van der Waals surface area contributed by atoms with E-state index in [0.29, 0.717) is 6.42 Å². The quantitative estimate of drug-likeness (QED) is 0.829. The van der Waals surface area contributed by atoms with Crippen LogP contribution in [0.1, 0.15) is 16.7 Å². The standard InChI is InChI=1S/C11H15NO2.ClH/c1-7-3-8(2)5-9(4-7)6-10(12)11(13)14;/h3-5,10H,6,12H2,1-2H3,(H,13,14);1H. The molecule has 3 nitrogen and oxygen atoms in total. The van der Waals surface area contributed by atoms with Gasteiger partial charge in [0, 0.05) is 0 Å². The maximum atomic E-state index is 10.5. The number of carbonyl (C=O) groups is 1. The van der Waals surface area contributed by atoms with Crippen molar-refractivity contribution in [3.8, 4) is 0 Å². The van der Waals surface area contributed by atoms with Crippen molar-refractivity contribution in [1.82, 2.24) is 0 Å². The fourth-order valence-electron chi connectivity index (χ4n) is 1.53. The Labute approximate surface area is 95.7 Å². The first-order chi connectivity index (χ1) is 6.49. The molecule has 0 fully saturated rings. The number of rotatable bonds is 3. The average molecular weight is 230 g/mol. The van der Waals surface area contributed by atoms with Crippen LogP contribution in [0.4, 0.5) is 0 Å². The highest BCUT2D eigenvalue weighted by molar-refractivity contribution is 5.85. The van der Waals surface area contributed by atoms with Gasteiger partial charge in [-0.3, -0.25) is 4.79 Å². The van der Waals surface area contributed by atoms with Gasteiger partial charge in [-0.1, -0.05) is 29.3 Å².